The van der Waals surface area contributed by atoms with Gasteiger partial charge in [0.1, 0.15) is 0 Å². The summed E-state index contributed by atoms with van der Waals surface area (Å²) < 4.78 is 1.85. The molecule has 5 heteroatoms. The molecule has 17 heavy (non-hydrogen) atoms. The number of aliphatic imine (C=N–C) groups is 1. The molecule has 0 saturated heterocycles. The monoisotopic (exact) mass is 237 g/mol. The molecule has 2 N–H and O–H groups in total. The zero-order chi connectivity index (χ0) is 12.5. The van der Waals surface area contributed by atoms with Gasteiger partial charge in [-0.05, 0) is 19.4 Å². The molecule has 0 aliphatic rings. The van der Waals surface area contributed by atoms with Crippen molar-refractivity contribution in [3.8, 4) is 0 Å². The van der Waals surface area contributed by atoms with Crippen molar-refractivity contribution in [2.24, 2.45) is 12.0 Å². The highest BCUT2D eigenvalue weighted by Crippen LogP contribution is 1.97. The quantitative estimate of drug-likeness (QED) is 0.445. The molecule has 0 amide bonds. The molecule has 1 aromatic rings. The van der Waals surface area contributed by atoms with Gasteiger partial charge in [0.25, 0.3) is 0 Å². The minimum Gasteiger partial charge on any atom is -0.357 e. The van der Waals surface area contributed by atoms with E-state index in [0.717, 1.165) is 31.2 Å². The minimum absolute atomic E-state index is 0.651. The zero-order valence-corrected chi connectivity index (χ0v) is 11.0. The van der Waals surface area contributed by atoms with Crippen LogP contribution >= 0.6 is 0 Å². The molecule has 5 nitrogen and oxygen atoms in total. The Morgan fingerprint density at radius 1 is 1.41 bits per heavy atom. The maximum atomic E-state index is 4.52. The van der Waals surface area contributed by atoms with Crippen LogP contribution in [0.4, 0.5) is 0 Å². The van der Waals surface area contributed by atoms with Crippen LogP contribution in [0.2, 0.25) is 0 Å². The first-order valence-corrected chi connectivity index (χ1v) is 6.27. The van der Waals surface area contributed by atoms with Crippen molar-refractivity contribution < 1.29 is 0 Å². The lowest BCUT2D eigenvalue weighted by Gasteiger charge is -2.10. The third-order valence-electron chi connectivity index (χ3n) is 2.49. The lowest BCUT2D eigenvalue weighted by molar-refractivity contribution is 0.701. The van der Waals surface area contributed by atoms with Gasteiger partial charge in [0.2, 0.25) is 0 Å². The first kappa shape index (κ1) is 13.5. The van der Waals surface area contributed by atoms with Gasteiger partial charge in [-0.3, -0.25) is 4.68 Å². The van der Waals surface area contributed by atoms with Gasteiger partial charge >= 0.3 is 0 Å². The van der Waals surface area contributed by atoms with Crippen molar-refractivity contribution in [3.05, 3.63) is 18.0 Å². The van der Waals surface area contributed by atoms with Crippen molar-refractivity contribution in [3.63, 3.8) is 0 Å². The fourth-order valence-electron chi connectivity index (χ4n) is 1.44. The van der Waals surface area contributed by atoms with Crippen molar-refractivity contribution in [1.29, 1.82) is 0 Å². The van der Waals surface area contributed by atoms with E-state index >= 15 is 0 Å². The molecular formula is C12H23N5. The summed E-state index contributed by atoms with van der Waals surface area (Å²) in [4.78, 5) is 4.52. The van der Waals surface area contributed by atoms with Crippen molar-refractivity contribution in [1.82, 2.24) is 20.4 Å². The summed E-state index contributed by atoms with van der Waals surface area (Å²) in [6, 6.07) is 1.99. The molecular weight excluding hydrogens is 214 g/mol. The number of hydrogen-bond donors (Lipinski definition) is 2. The van der Waals surface area contributed by atoms with Crippen LogP contribution in [0.15, 0.2) is 17.3 Å². The normalized spacial score (nSPS) is 11.6. The van der Waals surface area contributed by atoms with E-state index in [2.05, 4.69) is 34.6 Å². The Morgan fingerprint density at radius 2 is 2.24 bits per heavy atom. The van der Waals surface area contributed by atoms with Crippen molar-refractivity contribution in [2.45, 2.75) is 33.2 Å². The van der Waals surface area contributed by atoms with Crippen LogP contribution < -0.4 is 10.6 Å². The smallest absolute Gasteiger partial charge is 0.191 e. The number of nitrogens with zero attached hydrogens (tertiary/aromatic N) is 3. The zero-order valence-electron chi connectivity index (χ0n) is 11.0. The number of nitrogens with one attached hydrogen (secondary N) is 2. The van der Waals surface area contributed by atoms with Crippen LogP contribution in [-0.2, 0) is 13.6 Å². The van der Waals surface area contributed by atoms with E-state index in [1.54, 1.807) is 6.20 Å². The second-order valence-electron chi connectivity index (χ2n) is 3.92. The van der Waals surface area contributed by atoms with Gasteiger partial charge < -0.3 is 10.6 Å². The van der Waals surface area contributed by atoms with Crippen LogP contribution in [0.3, 0.4) is 0 Å². The number of aromatic nitrogens is 2. The summed E-state index contributed by atoms with van der Waals surface area (Å²) in [5.74, 6) is 0.877. The summed E-state index contributed by atoms with van der Waals surface area (Å²) in [5.41, 5.74) is 1.11. The molecule has 0 aliphatic carbocycles. The third kappa shape index (κ3) is 4.89. The van der Waals surface area contributed by atoms with Crippen molar-refractivity contribution in [2.75, 3.05) is 13.1 Å². The summed E-state index contributed by atoms with van der Waals surface area (Å²) in [6.45, 7) is 6.75. The van der Waals surface area contributed by atoms with Gasteiger partial charge in [-0.15, -0.1) is 0 Å². The predicted molar refractivity (Wildman–Crippen MR) is 70.9 cm³/mol. The fraction of sp³-hybridized carbons (Fsp3) is 0.667. The first-order chi connectivity index (χ1) is 8.27. The van der Waals surface area contributed by atoms with Gasteiger partial charge in [-0.1, -0.05) is 13.3 Å². The highest BCUT2D eigenvalue weighted by molar-refractivity contribution is 5.79. The first-order valence-electron chi connectivity index (χ1n) is 6.27. The van der Waals surface area contributed by atoms with E-state index in [0.29, 0.717) is 6.54 Å². The summed E-state index contributed by atoms with van der Waals surface area (Å²) in [6.07, 6.45) is 4.15. The van der Waals surface area contributed by atoms with Crippen LogP contribution in [0.25, 0.3) is 0 Å². The Hall–Kier alpha value is -1.52. The Labute approximate surface area is 103 Å². The molecule has 0 unspecified atom stereocenters. The topological polar surface area (TPSA) is 54.2 Å². The Morgan fingerprint density at radius 3 is 2.82 bits per heavy atom. The van der Waals surface area contributed by atoms with Crippen LogP contribution in [0.5, 0.6) is 0 Å². The molecule has 0 fully saturated rings. The summed E-state index contributed by atoms with van der Waals surface area (Å²) >= 11 is 0. The number of hydrogen-bond acceptors (Lipinski definition) is 2. The maximum absolute atomic E-state index is 4.52. The molecule has 0 aliphatic heterocycles. The fourth-order valence-corrected chi connectivity index (χ4v) is 1.44. The lowest BCUT2D eigenvalue weighted by Crippen LogP contribution is -2.37. The second kappa shape index (κ2) is 7.70. The SMILES string of the molecule is CCCCNC(=NCc1ccnn1C)NCC. The largest absolute Gasteiger partial charge is 0.357 e. The van der Waals surface area contributed by atoms with Crippen LogP contribution in [-0.4, -0.2) is 28.8 Å². The predicted octanol–water partition coefficient (Wildman–Crippen LogP) is 1.28. The minimum atomic E-state index is 0.651. The highest BCUT2D eigenvalue weighted by atomic mass is 15.3. The Balaban J connectivity index is 2.48. The Bertz CT molecular complexity index is 342. The summed E-state index contributed by atoms with van der Waals surface area (Å²) in [7, 11) is 1.93. The number of guanidine groups is 1. The molecule has 0 atom stereocenters. The van der Waals surface area contributed by atoms with Gasteiger partial charge in [0.15, 0.2) is 5.96 Å². The molecule has 1 aromatic heterocycles. The van der Waals surface area contributed by atoms with Crippen molar-refractivity contribution >= 4 is 5.96 Å². The van der Waals surface area contributed by atoms with E-state index in [-0.39, 0.29) is 0 Å². The Kier molecular flexibility index (Phi) is 6.14. The molecule has 0 bridgehead atoms. The van der Waals surface area contributed by atoms with Crippen LogP contribution in [0.1, 0.15) is 32.4 Å². The average Bonchev–Trinajstić information content (AvgIpc) is 2.72. The molecule has 0 aromatic carbocycles. The third-order valence-corrected chi connectivity index (χ3v) is 2.49. The molecule has 1 rings (SSSR count). The van der Waals surface area contributed by atoms with E-state index in [1.165, 1.54) is 6.42 Å². The molecule has 1 heterocycles. The molecule has 96 valence electrons. The maximum Gasteiger partial charge on any atom is 0.191 e. The van der Waals surface area contributed by atoms with E-state index < -0.39 is 0 Å². The number of aryl methyl sites for hydroxylation is 1. The van der Waals surface area contributed by atoms with E-state index in [1.807, 2.05) is 17.8 Å². The molecule has 0 spiro atoms. The average molecular weight is 237 g/mol. The molecule has 0 radical (unpaired) electrons. The van der Waals surface area contributed by atoms with Crippen LogP contribution in [0, 0.1) is 0 Å². The summed E-state index contributed by atoms with van der Waals surface area (Å²) in [5, 5.41) is 10.7. The number of unbranched alkanes of at least 4 members (excludes halogenated alkanes) is 1. The van der Waals surface area contributed by atoms with E-state index in [9.17, 15) is 0 Å². The standard InChI is InChI=1S/C12H23N5/c1-4-6-8-14-12(13-5-2)15-10-11-7-9-16-17(11)3/h7,9H,4-6,8,10H2,1-3H3,(H2,13,14,15). The number of rotatable bonds is 6. The highest BCUT2D eigenvalue weighted by Gasteiger charge is 1.99. The van der Waals surface area contributed by atoms with E-state index in [4.69, 9.17) is 0 Å². The molecule has 0 saturated carbocycles. The lowest BCUT2D eigenvalue weighted by atomic mass is 10.3. The van der Waals surface area contributed by atoms with Gasteiger partial charge in [0, 0.05) is 26.3 Å². The van der Waals surface area contributed by atoms with Gasteiger partial charge in [0.05, 0.1) is 12.2 Å². The van der Waals surface area contributed by atoms with Gasteiger partial charge in [-0.25, -0.2) is 4.99 Å². The van der Waals surface area contributed by atoms with Gasteiger partial charge in [-0.2, -0.15) is 5.10 Å². The second-order valence-corrected chi connectivity index (χ2v) is 3.92.